The van der Waals surface area contributed by atoms with Crippen molar-refractivity contribution in [2.45, 2.75) is 19.9 Å². The number of nitrogens with one attached hydrogen (secondary N) is 2. The highest BCUT2D eigenvalue weighted by molar-refractivity contribution is 7.13. The fourth-order valence-corrected chi connectivity index (χ4v) is 3.44. The molecule has 1 aromatic heterocycles. The molecule has 3 rings (SSSR count). The molecule has 29 heavy (non-hydrogen) atoms. The van der Waals surface area contributed by atoms with Crippen molar-refractivity contribution in [3.8, 4) is 16.3 Å². The quantitative estimate of drug-likeness (QED) is 0.565. The van der Waals surface area contributed by atoms with Crippen LogP contribution >= 0.6 is 11.3 Å². The Morgan fingerprint density at radius 3 is 2.52 bits per heavy atom. The molecule has 3 aromatic rings. The minimum atomic E-state index is -0.283. The molecular weight excluding hydrogens is 386 g/mol. The maximum Gasteiger partial charge on any atom is 0.270 e. The number of nitrogens with zero attached hydrogens (tertiary/aromatic N) is 1. The highest BCUT2D eigenvalue weighted by atomic mass is 32.1. The molecule has 2 aromatic carbocycles. The molecule has 0 saturated carbocycles. The summed E-state index contributed by atoms with van der Waals surface area (Å²) in [4.78, 5) is 28.6. The molecule has 2 amide bonds. The number of hydrogen-bond acceptors (Lipinski definition) is 5. The van der Waals surface area contributed by atoms with Gasteiger partial charge >= 0.3 is 0 Å². The van der Waals surface area contributed by atoms with Gasteiger partial charge in [-0.1, -0.05) is 30.3 Å². The van der Waals surface area contributed by atoms with Gasteiger partial charge in [-0.2, -0.15) is 0 Å². The molecule has 0 atom stereocenters. The van der Waals surface area contributed by atoms with E-state index in [0.717, 1.165) is 21.9 Å². The van der Waals surface area contributed by atoms with Gasteiger partial charge in [0.25, 0.3) is 5.91 Å². The second kappa shape index (κ2) is 10.4. The van der Waals surface area contributed by atoms with Crippen LogP contribution in [0.3, 0.4) is 0 Å². The average molecular weight is 410 g/mol. The number of ether oxygens (including phenoxy) is 1. The van der Waals surface area contributed by atoms with Gasteiger partial charge in [-0.05, 0) is 36.8 Å². The van der Waals surface area contributed by atoms with E-state index in [1.54, 1.807) is 5.38 Å². The molecule has 2 N–H and O–H groups in total. The summed E-state index contributed by atoms with van der Waals surface area (Å²) in [6.45, 7) is 3.29. The van der Waals surface area contributed by atoms with E-state index in [1.807, 2.05) is 61.5 Å². The van der Waals surface area contributed by atoms with Crippen LogP contribution in [0, 0.1) is 0 Å². The zero-order valence-electron chi connectivity index (χ0n) is 16.2. The summed E-state index contributed by atoms with van der Waals surface area (Å²) in [7, 11) is 0. The SMILES string of the molecule is CCOc1ccc(-c2nc(C(=O)NCCC(=O)NCc3ccccc3)cs2)cc1. The molecule has 0 saturated heterocycles. The second-order valence-electron chi connectivity index (χ2n) is 6.26. The van der Waals surface area contributed by atoms with Crippen molar-refractivity contribution in [2.75, 3.05) is 13.2 Å². The number of thiazole rings is 1. The van der Waals surface area contributed by atoms with Crippen LogP contribution in [-0.4, -0.2) is 29.9 Å². The van der Waals surface area contributed by atoms with E-state index in [-0.39, 0.29) is 24.8 Å². The van der Waals surface area contributed by atoms with E-state index in [0.29, 0.717) is 18.8 Å². The lowest BCUT2D eigenvalue weighted by molar-refractivity contribution is -0.121. The van der Waals surface area contributed by atoms with Gasteiger partial charge in [-0.25, -0.2) is 4.98 Å². The third-order valence-corrected chi connectivity index (χ3v) is 5.01. The number of rotatable bonds is 9. The summed E-state index contributed by atoms with van der Waals surface area (Å²) in [5.74, 6) is 0.410. The largest absolute Gasteiger partial charge is 0.494 e. The number of aromatic nitrogens is 1. The minimum Gasteiger partial charge on any atom is -0.494 e. The summed E-state index contributed by atoms with van der Waals surface area (Å²) in [5, 5.41) is 8.06. The third kappa shape index (κ3) is 6.15. The smallest absolute Gasteiger partial charge is 0.270 e. The first-order valence-electron chi connectivity index (χ1n) is 9.43. The summed E-state index contributed by atoms with van der Waals surface area (Å²) < 4.78 is 5.43. The highest BCUT2D eigenvalue weighted by Crippen LogP contribution is 2.25. The maximum atomic E-state index is 12.3. The van der Waals surface area contributed by atoms with Crippen LogP contribution in [0.1, 0.15) is 29.4 Å². The number of benzene rings is 2. The van der Waals surface area contributed by atoms with E-state index in [2.05, 4.69) is 15.6 Å². The van der Waals surface area contributed by atoms with Crippen LogP contribution in [0.5, 0.6) is 5.75 Å². The van der Waals surface area contributed by atoms with Crippen molar-refractivity contribution < 1.29 is 14.3 Å². The molecule has 0 aliphatic rings. The Kier molecular flexibility index (Phi) is 7.35. The lowest BCUT2D eigenvalue weighted by Gasteiger charge is -2.06. The first-order chi connectivity index (χ1) is 14.2. The van der Waals surface area contributed by atoms with E-state index in [1.165, 1.54) is 11.3 Å². The summed E-state index contributed by atoms with van der Waals surface area (Å²) in [5.41, 5.74) is 2.32. The van der Waals surface area contributed by atoms with E-state index < -0.39 is 0 Å². The van der Waals surface area contributed by atoms with Gasteiger partial charge in [-0.3, -0.25) is 9.59 Å². The van der Waals surface area contributed by atoms with Gasteiger partial charge < -0.3 is 15.4 Å². The monoisotopic (exact) mass is 409 g/mol. The topological polar surface area (TPSA) is 80.3 Å². The van der Waals surface area contributed by atoms with Gasteiger partial charge in [0.1, 0.15) is 16.5 Å². The molecule has 0 spiro atoms. The zero-order valence-corrected chi connectivity index (χ0v) is 17.0. The normalized spacial score (nSPS) is 10.4. The maximum absolute atomic E-state index is 12.3. The lowest BCUT2D eigenvalue weighted by Crippen LogP contribution is -2.30. The molecule has 0 aliphatic heterocycles. The third-order valence-electron chi connectivity index (χ3n) is 4.12. The Morgan fingerprint density at radius 2 is 1.79 bits per heavy atom. The van der Waals surface area contributed by atoms with Crippen molar-refractivity contribution in [3.63, 3.8) is 0 Å². The molecule has 1 heterocycles. The van der Waals surface area contributed by atoms with E-state index in [9.17, 15) is 9.59 Å². The summed E-state index contributed by atoms with van der Waals surface area (Å²) in [6, 6.07) is 17.3. The van der Waals surface area contributed by atoms with Gasteiger partial charge in [0, 0.05) is 30.5 Å². The average Bonchev–Trinajstić information content (AvgIpc) is 3.24. The van der Waals surface area contributed by atoms with Crippen molar-refractivity contribution >= 4 is 23.2 Å². The highest BCUT2D eigenvalue weighted by Gasteiger charge is 2.12. The predicted molar refractivity (Wildman–Crippen MR) is 114 cm³/mol. The van der Waals surface area contributed by atoms with E-state index >= 15 is 0 Å². The van der Waals surface area contributed by atoms with Crippen LogP contribution in [-0.2, 0) is 11.3 Å². The van der Waals surface area contributed by atoms with Crippen LogP contribution in [0.2, 0.25) is 0 Å². The zero-order chi connectivity index (χ0) is 20.5. The lowest BCUT2D eigenvalue weighted by atomic mass is 10.2. The Labute approximate surface area is 173 Å². The Hall–Kier alpha value is -3.19. The molecule has 0 radical (unpaired) electrons. The molecule has 150 valence electrons. The predicted octanol–water partition coefficient (Wildman–Crippen LogP) is 3.65. The molecular formula is C22H23N3O3S. The Bertz CT molecular complexity index is 939. The second-order valence-corrected chi connectivity index (χ2v) is 7.12. The Morgan fingerprint density at radius 1 is 1.03 bits per heavy atom. The number of carbonyl (C=O) groups is 2. The summed E-state index contributed by atoms with van der Waals surface area (Å²) >= 11 is 1.40. The van der Waals surface area contributed by atoms with Crippen LogP contribution in [0.15, 0.2) is 60.0 Å². The van der Waals surface area contributed by atoms with Gasteiger partial charge in [0.05, 0.1) is 6.61 Å². The molecule has 0 fully saturated rings. The fraction of sp³-hybridized carbons (Fsp3) is 0.227. The van der Waals surface area contributed by atoms with Crippen LogP contribution < -0.4 is 15.4 Å². The first kappa shape index (κ1) is 20.5. The number of carbonyl (C=O) groups excluding carboxylic acids is 2. The molecule has 7 heteroatoms. The minimum absolute atomic E-state index is 0.109. The van der Waals surface area contributed by atoms with E-state index in [4.69, 9.17) is 4.74 Å². The molecule has 0 unspecified atom stereocenters. The van der Waals surface area contributed by atoms with Crippen molar-refractivity contribution in [1.29, 1.82) is 0 Å². The van der Waals surface area contributed by atoms with Crippen LogP contribution in [0.4, 0.5) is 0 Å². The summed E-state index contributed by atoms with van der Waals surface area (Å²) in [6.07, 6.45) is 0.217. The first-order valence-corrected chi connectivity index (χ1v) is 10.3. The van der Waals surface area contributed by atoms with Crippen molar-refractivity contribution in [2.24, 2.45) is 0 Å². The van der Waals surface area contributed by atoms with Crippen LogP contribution in [0.25, 0.3) is 10.6 Å². The number of hydrogen-bond donors (Lipinski definition) is 2. The standard InChI is InChI=1S/C22H23N3O3S/c1-2-28-18-10-8-17(9-11-18)22-25-19(15-29-22)21(27)23-13-12-20(26)24-14-16-6-4-3-5-7-16/h3-11,15H,2,12-14H2,1H3,(H,23,27)(H,24,26). The van der Waals surface area contributed by atoms with Gasteiger partial charge in [-0.15, -0.1) is 11.3 Å². The van der Waals surface area contributed by atoms with Gasteiger partial charge in [0.15, 0.2) is 0 Å². The Balaban J connectivity index is 1.44. The fourth-order valence-electron chi connectivity index (χ4n) is 2.64. The van der Waals surface area contributed by atoms with Crippen molar-refractivity contribution in [3.05, 3.63) is 71.2 Å². The molecule has 0 bridgehead atoms. The van der Waals surface area contributed by atoms with Gasteiger partial charge in [0.2, 0.25) is 5.91 Å². The molecule has 0 aliphatic carbocycles. The van der Waals surface area contributed by atoms with Crippen molar-refractivity contribution in [1.82, 2.24) is 15.6 Å². The number of amides is 2. The molecule has 6 nitrogen and oxygen atoms in total.